The van der Waals surface area contributed by atoms with Gasteiger partial charge in [-0.2, -0.15) is 0 Å². The molecule has 1 rings (SSSR count). The number of halogens is 3. The molecule has 0 bridgehead atoms. The maximum Gasteiger partial charge on any atom is 0.573 e. The number of aliphatic hydroxyl groups is 1. The SMILES string of the molecule is CC(C)(CO)[C@H](N)c1cccc(OC(F)(F)F)c1. The summed E-state index contributed by atoms with van der Waals surface area (Å²) in [5.41, 5.74) is 5.77. The molecule has 0 fully saturated rings. The molecule has 1 atom stereocenters. The fraction of sp³-hybridized carbons (Fsp3) is 0.500. The van der Waals surface area contributed by atoms with Crippen molar-refractivity contribution >= 4 is 0 Å². The van der Waals surface area contributed by atoms with Crippen LogP contribution in [0.25, 0.3) is 0 Å². The zero-order chi connectivity index (χ0) is 14.0. The van der Waals surface area contributed by atoms with E-state index in [1.807, 2.05) is 0 Å². The van der Waals surface area contributed by atoms with Crippen LogP contribution in [0.5, 0.6) is 5.75 Å². The van der Waals surface area contributed by atoms with Crippen LogP contribution < -0.4 is 10.5 Å². The van der Waals surface area contributed by atoms with Gasteiger partial charge in [-0.1, -0.05) is 26.0 Å². The van der Waals surface area contributed by atoms with Crippen LogP contribution in [0.15, 0.2) is 24.3 Å². The van der Waals surface area contributed by atoms with E-state index in [4.69, 9.17) is 5.73 Å². The molecule has 0 spiro atoms. The van der Waals surface area contributed by atoms with Gasteiger partial charge in [0, 0.05) is 18.1 Å². The van der Waals surface area contributed by atoms with Gasteiger partial charge in [-0.15, -0.1) is 13.2 Å². The van der Waals surface area contributed by atoms with Crippen LogP contribution in [0.4, 0.5) is 13.2 Å². The highest BCUT2D eigenvalue weighted by Crippen LogP contribution is 2.33. The fourth-order valence-corrected chi connectivity index (χ4v) is 1.45. The Kier molecular flexibility index (Phi) is 4.24. The number of hydrogen-bond acceptors (Lipinski definition) is 3. The third kappa shape index (κ3) is 3.89. The normalized spacial score (nSPS) is 14.4. The predicted octanol–water partition coefficient (Wildman–Crippen LogP) is 2.60. The number of benzene rings is 1. The van der Waals surface area contributed by atoms with Crippen molar-refractivity contribution < 1.29 is 23.0 Å². The van der Waals surface area contributed by atoms with Gasteiger partial charge in [0.1, 0.15) is 5.75 Å². The van der Waals surface area contributed by atoms with E-state index >= 15 is 0 Å². The van der Waals surface area contributed by atoms with Gasteiger partial charge < -0.3 is 15.6 Å². The molecule has 102 valence electrons. The highest BCUT2D eigenvalue weighted by Gasteiger charge is 2.32. The highest BCUT2D eigenvalue weighted by molar-refractivity contribution is 5.31. The molecule has 1 aromatic carbocycles. The van der Waals surface area contributed by atoms with Crippen molar-refractivity contribution in [1.29, 1.82) is 0 Å². The van der Waals surface area contributed by atoms with Gasteiger partial charge in [-0.3, -0.25) is 0 Å². The van der Waals surface area contributed by atoms with Crippen LogP contribution >= 0.6 is 0 Å². The number of alkyl halides is 3. The number of nitrogens with two attached hydrogens (primary N) is 1. The lowest BCUT2D eigenvalue weighted by Gasteiger charge is -2.29. The van der Waals surface area contributed by atoms with Crippen molar-refractivity contribution in [2.45, 2.75) is 26.3 Å². The average molecular weight is 263 g/mol. The zero-order valence-electron chi connectivity index (χ0n) is 10.2. The summed E-state index contributed by atoms with van der Waals surface area (Å²) in [6, 6.07) is 4.89. The maximum atomic E-state index is 12.1. The number of hydrogen-bond donors (Lipinski definition) is 2. The first-order valence-corrected chi connectivity index (χ1v) is 5.38. The second kappa shape index (κ2) is 5.16. The first-order chi connectivity index (χ1) is 8.15. The summed E-state index contributed by atoms with van der Waals surface area (Å²) in [4.78, 5) is 0. The van der Waals surface area contributed by atoms with Crippen LogP contribution in [-0.4, -0.2) is 18.1 Å². The number of rotatable bonds is 4. The Bertz CT molecular complexity index is 405. The van der Waals surface area contributed by atoms with Crippen LogP contribution in [0.3, 0.4) is 0 Å². The molecule has 0 heterocycles. The summed E-state index contributed by atoms with van der Waals surface area (Å²) in [5, 5.41) is 9.19. The van der Waals surface area contributed by atoms with E-state index in [1.54, 1.807) is 19.9 Å². The van der Waals surface area contributed by atoms with Crippen molar-refractivity contribution in [3.05, 3.63) is 29.8 Å². The predicted molar refractivity (Wildman–Crippen MR) is 60.9 cm³/mol. The van der Waals surface area contributed by atoms with Crippen molar-refractivity contribution in [3.8, 4) is 5.75 Å². The van der Waals surface area contributed by atoms with Crippen molar-refractivity contribution in [3.63, 3.8) is 0 Å². The van der Waals surface area contributed by atoms with Gasteiger partial charge in [0.25, 0.3) is 0 Å². The first kappa shape index (κ1) is 14.8. The minimum absolute atomic E-state index is 0.168. The molecular formula is C12H16F3NO2. The molecule has 6 heteroatoms. The summed E-state index contributed by atoms with van der Waals surface area (Å²) in [5.74, 6) is -0.316. The Hall–Kier alpha value is -1.27. The fourth-order valence-electron chi connectivity index (χ4n) is 1.45. The maximum absolute atomic E-state index is 12.1. The molecule has 0 aliphatic carbocycles. The largest absolute Gasteiger partial charge is 0.573 e. The van der Waals surface area contributed by atoms with E-state index in [0.717, 1.165) is 0 Å². The van der Waals surface area contributed by atoms with E-state index in [1.165, 1.54) is 18.2 Å². The average Bonchev–Trinajstić information content (AvgIpc) is 2.26. The Labute approximate surface area is 103 Å². The van der Waals surface area contributed by atoms with Gasteiger partial charge in [0.2, 0.25) is 0 Å². The quantitative estimate of drug-likeness (QED) is 0.878. The van der Waals surface area contributed by atoms with E-state index in [2.05, 4.69) is 4.74 Å². The molecule has 3 nitrogen and oxygen atoms in total. The Morgan fingerprint density at radius 3 is 2.44 bits per heavy atom. The molecule has 3 N–H and O–H groups in total. The van der Waals surface area contributed by atoms with E-state index in [0.29, 0.717) is 5.56 Å². The van der Waals surface area contributed by atoms with Crippen molar-refractivity contribution in [2.75, 3.05) is 6.61 Å². The smallest absolute Gasteiger partial charge is 0.406 e. The topological polar surface area (TPSA) is 55.5 Å². The molecule has 18 heavy (non-hydrogen) atoms. The monoisotopic (exact) mass is 263 g/mol. The van der Waals surface area contributed by atoms with Gasteiger partial charge in [0.05, 0.1) is 0 Å². The van der Waals surface area contributed by atoms with Gasteiger partial charge in [-0.05, 0) is 17.7 Å². The zero-order valence-corrected chi connectivity index (χ0v) is 10.2. The minimum atomic E-state index is -4.73. The third-order valence-corrected chi connectivity index (χ3v) is 2.70. The van der Waals surface area contributed by atoms with Gasteiger partial charge in [-0.25, -0.2) is 0 Å². The summed E-state index contributed by atoms with van der Waals surface area (Å²) in [6.07, 6.45) is -4.73. The first-order valence-electron chi connectivity index (χ1n) is 5.38. The van der Waals surface area contributed by atoms with Crippen molar-refractivity contribution in [1.82, 2.24) is 0 Å². The second-order valence-electron chi connectivity index (χ2n) is 4.74. The third-order valence-electron chi connectivity index (χ3n) is 2.70. The molecule has 0 aliphatic heterocycles. The second-order valence-corrected chi connectivity index (χ2v) is 4.74. The molecule has 0 radical (unpaired) electrons. The summed E-state index contributed by atoms with van der Waals surface area (Å²) >= 11 is 0. The summed E-state index contributed by atoms with van der Waals surface area (Å²) in [7, 11) is 0. The van der Waals surface area contributed by atoms with Crippen LogP contribution in [0, 0.1) is 5.41 Å². The van der Waals surface area contributed by atoms with Crippen LogP contribution in [0.2, 0.25) is 0 Å². The van der Waals surface area contributed by atoms with Crippen LogP contribution in [0.1, 0.15) is 25.5 Å². The molecule has 0 saturated heterocycles. The van der Waals surface area contributed by atoms with Crippen LogP contribution in [-0.2, 0) is 0 Å². The highest BCUT2D eigenvalue weighted by atomic mass is 19.4. The Morgan fingerprint density at radius 2 is 1.94 bits per heavy atom. The molecular weight excluding hydrogens is 247 g/mol. The molecule has 0 aromatic heterocycles. The van der Waals surface area contributed by atoms with E-state index in [9.17, 15) is 18.3 Å². The van der Waals surface area contributed by atoms with Gasteiger partial charge in [0.15, 0.2) is 0 Å². The lowest BCUT2D eigenvalue weighted by Crippen LogP contribution is -2.32. The molecule has 1 aromatic rings. The minimum Gasteiger partial charge on any atom is -0.406 e. The van der Waals surface area contributed by atoms with E-state index < -0.39 is 17.8 Å². The number of ether oxygens (including phenoxy) is 1. The van der Waals surface area contributed by atoms with Gasteiger partial charge >= 0.3 is 6.36 Å². The summed E-state index contributed by atoms with van der Waals surface area (Å²) < 4.78 is 40.1. The lowest BCUT2D eigenvalue weighted by molar-refractivity contribution is -0.274. The Morgan fingerprint density at radius 1 is 1.33 bits per heavy atom. The molecule has 0 unspecified atom stereocenters. The van der Waals surface area contributed by atoms with Crippen molar-refractivity contribution in [2.24, 2.45) is 11.1 Å². The summed E-state index contributed by atoms with van der Waals surface area (Å²) in [6.45, 7) is 3.29. The molecule has 0 amide bonds. The van der Waals surface area contributed by atoms with E-state index in [-0.39, 0.29) is 12.4 Å². The Balaban J connectivity index is 2.95. The molecule has 0 aliphatic rings. The number of aliphatic hydroxyl groups excluding tert-OH is 1. The molecule has 0 saturated carbocycles. The lowest BCUT2D eigenvalue weighted by atomic mass is 9.82. The standard InChI is InChI=1S/C12H16F3NO2/c1-11(2,7-17)10(16)8-4-3-5-9(6-8)18-12(13,14)15/h3-6,10,17H,7,16H2,1-2H3/t10-/m1/s1.